The molecule has 9 nitrogen and oxygen atoms in total. The first-order valence-corrected chi connectivity index (χ1v) is 8.82. The maximum Gasteiger partial charge on any atom is 0.329 e. The summed E-state index contributed by atoms with van der Waals surface area (Å²) in [6, 6.07) is 5.51. The zero-order chi connectivity index (χ0) is 20.8. The van der Waals surface area contributed by atoms with Gasteiger partial charge in [-0.25, -0.2) is 9.59 Å². The Hall–Kier alpha value is -3.36. The second-order valence-corrected chi connectivity index (χ2v) is 6.77. The van der Waals surface area contributed by atoms with Gasteiger partial charge in [-0.15, -0.1) is 0 Å². The highest BCUT2D eigenvalue weighted by atomic mass is 16.5. The lowest BCUT2D eigenvalue weighted by Gasteiger charge is -2.23. The lowest BCUT2D eigenvalue weighted by Crippen LogP contribution is -2.49. The van der Waals surface area contributed by atoms with E-state index in [-0.39, 0.29) is 6.42 Å². The monoisotopic (exact) mass is 388 g/mol. The number of carbonyl (C=O) groups is 4. The lowest BCUT2D eigenvalue weighted by atomic mass is 10.0. The van der Waals surface area contributed by atoms with Gasteiger partial charge in [0.1, 0.15) is 6.04 Å². The molecule has 4 amide bonds. The van der Waals surface area contributed by atoms with Crippen molar-refractivity contribution in [3.63, 3.8) is 0 Å². The molecular formula is C19H24N4O5. The number of aromatic nitrogens is 1. The Balaban J connectivity index is 2.21. The number of para-hydroxylation sites is 1. The first kappa shape index (κ1) is 20.9. The summed E-state index contributed by atoms with van der Waals surface area (Å²) in [7, 11) is 0. The normalized spacial score (nSPS) is 13.0. The molecule has 0 saturated carbocycles. The van der Waals surface area contributed by atoms with Gasteiger partial charge in [-0.05, 0) is 17.5 Å². The van der Waals surface area contributed by atoms with Crippen molar-refractivity contribution in [1.82, 2.24) is 15.6 Å². The van der Waals surface area contributed by atoms with E-state index in [9.17, 15) is 19.2 Å². The van der Waals surface area contributed by atoms with Crippen molar-refractivity contribution in [2.45, 2.75) is 39.3 Å². The van der Waals surface area contributed by atoms with Crippen molar-refractivity contribution in [1.29, 1.82) is 0 Å². The van der Waals surface area contributed by atoms with Crippen molar-refractivity contribution in [2.75, 3.05) is 0 Å². The summed E-state index contributed by atoms with van der Waals surface area (Å²) >= 11 is 0. The fraction of sp³-hybridized carbons (Fsp3) is 0.368. The number of carbonyl (C=O) groups excluding carboxylic acids is 4. The minimum atomic E-state index is -1.22. The molecule has 1 aromatic carbocycles. The molecule has 1 aromatic heterocycles. The van der Waals surface area contributed by atoms with Crippen LogP contribution in [0.1, 0.15) is 26.3 Å². The van der Waals surface area contributed by atoms with E-state index < -0.39 is 41.9 Å². The fourth-order valence-electron chi connectivity index (χ4n) is 2.85. The number of fused-ring (bicyclic) bond motifs is 1. The quantitative estimate of drug-likeness (QED) is 0.523. The average Bonchev–Trinajstić information content (AvgIpc) is 3.00. The summed E-state index contributed by atoms with van der Waals surface area (Å²) in [5.41, 5.74) is 6.67. The molecule has 0 aliphatic heterocycles. The minimum absolute atomic E-state index is 0.171. The van der Waals surface area contributed by atoms with Crippen LogP contribution in [0.3, 0.4) is 0 Å². The van der Waals surface area contributed by atoms with Gasteiger partial charge in [0.2, 0.25) is 5.91 Å². The molecule has 2 atom stereocenters. The van der Waals surface area contributed by atoms with E-state index in [1.165, 1.54) is 6.92 Å². The standard InChI is InChI=1S/C19H24N4O5/c1-10(2)16(17(25)23-19(20)27)28-18(26)15(22-11(3)24)8-12-9-21-14-7-5-4-6-13(12)14/h4-7,9-10,15-16,21H,8H2,1-3H3,(H,22,24)(H3,20,23,25,27)/t15-,16-/m0/s1. The highest BCUT2D eigenvalue weighted by molar-refractivity contribution is 5.97. The Bertz CT molecular complexity index is 889. The van der Waals surface area contributed by atoms with Crippen LogP contribution in [0, 0.1) is 5.92 Å². The predicted octanol–water partition coefficient (Wildman–Crippen LogP) is 0.978. The zero-order valence-corrected chi connectivity index (χ0v) is 15.9. The van der Waals surface area contributed by atoms with Crippen LogP contribution in [0.25, 0.3) is 10.9 Å². The number of imide groups is 1. The van der Waals surface area contributed by atoms with Gasteiger partial charge in [0, 0.05) is 30.4 Å². The van der Waals surface area contributed by atoms with E-state index in [1.807, 2.05) is 29.6 Å². The molecule has 0 spiro atoms. The van der Waals surface area contributed by atoms with Crippen molar-refractivity contribution in [3.8, 4) is 0 Å². The largest absolute Gasteiger partial charge is 0.450 e. The SMILES string of the molecule is CC(=O)N[C@@H](Cc1c[nH]c2ccccc12)C(=O)O[C@H](C(=O)NC(N)=O)C(C)C. The molecule has 0 fully saturated rings. The average molecular weight is 388 g/mol. The molecular weight excluding hydrogens is 364 g/mol. The second kappa shape index (κ2) is 9.03. The summed E-state index contributed by atoms with van der Waals surface area (Å²) < 4.78 is 5.31. The number of esters is 1. The number of hydrogen-bond acceptors (Lipinski definition) is 5. The number of H-pyrrole nitrogens is 1. The van der Waals surface area contributed by atoms with Gasteiger partial charge in [-0.2, -0.15) is 0 Å². The minimum Gasteiger partial charge on any atom is -0.450 e. The van der Waals surface area contributed by atoms with E-state index in [4.69, 9.17) is 10.5 Å². The molecule has 0 unspecified atom stereocenters. The number of aromatic amines is 1. The maximum atomic E-state index is 12.7. The molecule has 0 radical (unpaired) electrons. The number of primary amides is 1. The number of amides is 4. The van der Waals surface area contributed by atoms with Gasteiger partial charge in [0.05, 0.1) is 0 Å². The number of nitrogens with one attached hydrogen (secondary N) is 3. The second-order valence-electron chi connectivity index (χ2n) is 6.77. The van der Waals surface area contributed by atoms with Crippen LogP contribution in [0.5, 0.6) is 0 Å². The number of ether oxygens (including phenoxy) is 1. The van der Waals surface area contributed by atoms with Crippen LogP contribution in [-0.2, 0) is 25.5 Å². The summed E-state index contributed by atoms with van der Waals surface area (Å²) in [5.74, 6) is -2.41. The fourth-order valence-corrected chi connectivity index (χ4v) is 2.85. The maximum absolute atomic E-state index is 12.7. The summed E-state index contributed by atoms with van der Waals surface area (Å²) in [5, 5.41) is 5.38. The number of hydrogen-bond donors (Lipinski definition) is 4. The highest BCUT2D eigenvalue weighted by Gasteiger charge is 2.31. The third-order valence-corrected chi connectivity index (χ3v) is 4.11. The van der Waals surface area contributed by atoms with E-state index in [1.54, 1.807) is 20.0 Å². The molecule has 0 saturated heterocycles. The molecule has 28 heavy (non-hydrogen) atoms. The van der Waals surface area contributed by atoms with Crippen LogP contribution in [0.4, 0.5) is 4.79 Å². The van der Waals surface area contributed by atoms with Crippen LogP contribution >= 0.6 is 0 Å². The molecule has 0 bridgehead atoms. The van der Waals surface area contributed by atoms with Gasteiger partial charge < -0.3 is 20.8 Å². The Morgan fingerprint density at radius 2 is 1.86 bits per heavy atom. The molecule has 1 heterocycles. The van der Waals surface area contributed by atoms with Gasteiger partial charge in [0.25, 0.3) is 5.91 Å². The first-order chi connectivity index (χ1) is 13.2. The third-order valence-electron chi connectivity index (χ3n) is 4.11. The van der Waals surface area contributed by atoms with Gasteiger partial charge in [0.15, 0.2) is 6.10 Å². The predicted molar refractivity (Wildman–Crippen MR) is 102 cm³/mol. The summed E-state index contributed by atoms with van der Waals surface area (Å²) in [6.07, 6.45) is 0.705. The van der Waals surface area contributed by atoms with E-state index in [0.29, 0.717) is 0 Å². The van der Waals surface area contributed by atoms with Crippen LogP contribution in [0.2, 0.25) is 0 Å². The molecule has 2 aromatic rings. The molecule has 150 valence electrons. The lowest BCUT2D eigenvalue weighted by molar-refractivity contribution is -0.160. The van der Waals surface area contributed by atoms with Crippen LogP contribution in [0.15, 0.2) is 30.5 Å². The molecule has 0 aliphatic rings. The number of urea groups is 1. The molecule has 5 N–H and O–H groups in total. The van der Waals surface area contributed by atoms with Crippen molar-refractivity contribution >= 4 is 34.7 Å². The van der Waals surface area contributed by atoms with E-state index >= 15 is 0 Å². The van der Waals surface area contributed by atoms with E-state index in [0.717, 1.165) is 16.5 Å². The van der Waals surface area contributed by atoms with Crippen molar-refractivity contribution < 1.29 is 23.9 Å². The van der Waals surface area contributed by atoms with Gasteiger partial charge in [-0.3, -0.25) is 14.9 Å². The summed E-state index contributed by atoms with van der Waals surface area (Å²) in [6.45, 7) is 4.60. The van der Waals surface area contributed by atoms with Gasteiger partial charge >= 0.3 is 12.0 Å². The molecule has 0 aliphatic carbocycles. The van der Waals surface area contributed by atoms with Crippen molar-refractivity contribution in [2.24, 2.45) is 11.7 Å². The molecule has 2 rings (SSSR count). The highest BCUT2D eigenvalue weighted by Crippen LogP contribution is 2.20. The first-order valence-electron chi connectivity index (χ1n) is 8.82. The third kappa shape index (κ3) is 5.32. The van der Waals surface area contributed by atoms with Crippen molar-refractivity contribution in [3.05, 3.63) is 36.0 Å². The Morgan fingerprint density at radius 3 is 2.46 bits per heavy atom. The van der Waals surface area contributed by atoms with Crippen LogP contribution in [-0.4, -0.2) is 40.9 Å². The number of nitrogens with two attached hydrogens (primary N) is 1. The topological polar surface area (TPSA) is 143 Å². The zero-order valence-electron chi connectivity index (χ0n) is 15.9. The number of benzene rings is 1. The number of rotatable bonds is 7. The van der Waals surface area contributed by atoms with E-state index in [2.05, 4.69) is 10.3 Å². The smallest absolute Gasteiger partial charge is 0.329 e. The molecule has 9 heteroatoms. The Kier molecular flexibility index (Phi) is 6.75. The Morgan fingerprint density at radius 1 is 1.18 bits per heavy atom. The van der Waals surface area contributed by atoms with Crippen LogP contribution < -0.4 is 16.4 Å². The summed E-state index contributed by atoms with van der Waals surface area (Å²) in [4.78, 5) is 50.4. The Labute approximate surface area is 162 Å². The van der Waals surface area contributed by atoms with Gasteiger partial charge in [-0.1, -0.05) is 32.0 Å².